The summed E-state index contributed by atoms with van der Waals surface area (Å²) in [6.45, 7) is 0.874. The molecular weight excluding hydrogens is 310 g/mol. The van der Waals surface area contributed by atoms with E-state index in [-0.39, 0.29) is 12.8 Å². The minimum atomic E-state index is -1.29. The molecule has 0 unspecified atom stereocenters. The minimum Gasteiger partial charge on any atom is -0.480 e. The second kappa shape index (κ2) is 6.29. The number of aliphatic carboxylic acids is 1. The molecule has 21 heavy (non-hydrogen) atoms. The third-order valence-corrected chi connectivity index (χ3v) is 4.20. The van der Waals surface area contributed by atoms with Crippen molar-refractivity contribution in [2.45, 2.75) is 12.8 Å². The highest BCUT2D eigenvalue weighted by Crippen LogP contribution is 2.31. The van der Waals surface area contributed by atoms with Gasteiger partial charge < -0.3 is 15.3 Å². The van der Waals surface area contributed by atoms with Gasteiger partial charge in [0.15, 0.2) is 10.5 Å². The Kier molecular flexibility index (Phi) is 4.66. The number of carboxylic acid groups (broad SMARTS) is 1. The highest BCUT2D eigenvalue weighted by molar-refractivity contribution is 7.80. The summed E-state index contributed by atoms with van der Waals surface area (Å²) in [6.07, 6.45) is 0.520. The fraction of sp³-hybridized carbons (Fsp3) is 0.357. The number of nitrogens with one attached hydrogen (secondary N) is 1. The zero-order chi connectivity index (χ0) is 15.5. The molecule has 0 spiro atoms. The van der Waals surface area contributed by atoms with Gasteiger partial charge in [-0.1, -0.05) is 17.7 Å². The van der Waals surface area contributed by atoms with Crippen molar-refractivity contribution in [3.05, 3.63) is 29.3 Å². The molecule has 0 atom stereocenters. The number of nitrogens with zero attached hydrogens (tertiary/aromatic N) is 2. The summed E-state index contributed by atoms with van der Waals surface area (Å²) in [5.41, 5.74) is -0.509. The Morgan fingerprint density at radius 2 is 2.14 bits per heavy atom. The topological polar surface area (TPSA) is 76.4 Å². The molecule has 7 heteroatoms. The summed E-state index contributed by atoms with van der Waals surface area (Å²) >= 11 is 11.2. The van der Waals surface area contributed by atoms with Crippen LogP contribution < -0.4 is 5.32 Å². The van der Waals surface area contributed by atoms with Gasteiger partial charge in [-0.25, -0.2) is 0 Å². The van der Waals surface area contributed by atoms with Crippen LogP contribution in [-0.2, 0) is 4.79 Å². The van der Waals surface area contributed by atoms with Crippen LogP contribution in [0.4, 0.5) is 5.69 Å². The van der Waals surface area contributed by atoms with Gasteiger partial charge in [-0.05, 0) is 43.3 Å². The number of hydrogen-bond donors (Lipinski definition) is 2. The van der Waals surface area contributed by atoms with E-state index in [4.69, 9.17) is 29.1 Å². The second-order valence-electron chi connectivity index (χ2n) is 4.93. The Balaban J connectivity index is 1.98. The molecule has 2 N–H and O–H groups in total. The van der Waals surface area contributed by atoms with Crippen molar-refractivity contribution >= 4 is 40.6 Å². The molecule has 1 aromatic carbocycles. The minimum absolute atomic E-state index is 0.260. The van der Waals surface area contributed by atoms with E-state index in [1.165, 1.54) is 0 Å². The quantitative estimate of drug-likeness (QED) is 0.815. The molecule has 1 saturated heterocycles. The van der Waals surface area contributed by atoms with Crippen molar-refractivity contribution in [1.29, 1.82) is 5.26 Å². The molecule has 1 heterocycles. The fourth-order valence-electron chi connectivity index (χ4n) is 2.23. The van der Waals surface area contributed by atoms with E-state index in [2.05, 4.69) is 5.32 Å². The molecule has 5 nitrogen and oxygen atoms in total. The Hall–Kier alpha value is -1.84. The summed E-state index contributed by atoms with van der Waals surface area (Å²) < 4.78 is 0. The molecule has 1 fully saturated rings. The molecule has 0 radical (unpaired) electrons. The Bertz CT molecular complexity index is 606. The highest BCUT2D eigenvalue weighted by Gasteiger charge is 2.42. The molecule has 1 aliphatic rings. The van der Waals surface area contributed by atoms with Crippen molar-refractivity contribution in [2.75, 3.05) is 18.4 Å². The molecule has 0 saturated carbocycles. The third-order valence-electron chi connectivity index (χ3n) is 3.60. The van der Waals surface area contributed by atoms with E-state index in [0.717, 1.165) is 5.69 Å². The van der Waals surface area contributed by atoms with E-state index in [1.54, 1.807) is 12.1 Å². The van der Waals surface area contributed by atoms with Gasteiger partial charge in [0.05, 0.1) is 6.07 Å². The van der Waals surface area contributed by atoms with Crippen LogP contribution in [0.3, 0.4) is 0 Å². The average molecular weight is 324 g/mol. The molecule has 110 valence electrons. The van der Waals surface area contributed by atoms with Crippen molar-refractivity contribution in [1.82, 2.24) is 4.90 Å². The standard InChI is InChI=1S/C14H14ClN3O2S/c15-10-2-1-3-11(8-10)17-13(21)18-6-4-14(9-16,5-7-18)12(19)20/h1-3,8H,4-7H2,(H,17,21)(H,19,20). The fourth-order valence-corrected chi connectivity index (χ4v) is 2.72. The van der Waals surface area contributed by atoms with E-state index >= 15 is 0 Å². The van der Waals surface area contributed by atoms with E-state index in [0.29, 0.717) is 23.2 Å². The number of carbonyl (C=O) groups is 1. The maximum absolute atomic E-state index is 11.2. The van der Waals surface area contributed by atoms with Gasteiger partial charge in [0, 0.05) is 23.8 Å². The molecule has 1 aliphatic heterocycles. The van der Waals surface area contributed by atoms with E-state index in [9.17, 15) is 9.90 Å². The van der Waals surface area contributed by atoms with Crippen LogP contribution in [0.5, 0.6) is 0 Å². The van der Waals surface area contributed by atoms with Gasteiger partial charge in [-0.3, -0.25) is 4.79 Å². The van der Waals surface area contributed by atoms with Gasteiger partial charge in [0.2, 0.25) is 0 Å². The maximum Gasteiger partial charge on any atom is 0.324 e. The molecule has 1 aromatic rings. The first-order valence-corrected chi connectivity index (χ1v) is 7.22. The Morgan fingerprint density at radius 3 is 2.67 bits per heavy atom. The zero-order valence-electron chi connectivity index (χ0n) is 11.2. The van der Waals surface area contributed by atoms with Crippen molar-refractivity contribution in [3.63, 3.8) is 0 Å². The number of likely N-dealkylation sites (tertiary alicyclic amines) is 1. The van der Waals surface area contributed by atoms with Crippen LogP contribution in [-0.4, -0.2) is 34.2 Å². The smallest absolute Gasteiger partial charge is 0.324 e. The van der Waals surface area contributed by atoms with Crippen LogP contribution in [0.1, 0.15) is 12.8 Å². The highest BCUT2D eigenvalue weighted by atomic mass is 35.5. The summed E-state index contributed by atoms with van der Waals surface area (Å²) in [6, 6.07) is 9.11. The number of halogens is 1. The number of thiocarbonyl (C=S) groups is 1. The maximum atomic E-state index is 11.2. The van der Waals surface area contributed by atoms with Crippen LogP contribution in [0.25, 0.3) is 0 Å². The van der Waals surface area contributed by atoms with Gasteiger partial charge in [0.25, 0.3) is 0 Å². The number of nitriles is 1. The molecule has 0 bridgehead atoms. The van der Waals surface area contributed by atoms with Crippen LogP contribution in [0.2, 0.25) is 5.02 Å². The van der Waals surface area contributed by atoms with Gasteiger partial charge in [0.1, 0.15) is 0 Å². The lowest BCUT2D eigenvalue weighted by atomic mass is 9.80. The Labute approximate surface area is 133 Å². The number of piperidine rings is 1. The van der Waals surface area contributed by atoms with Crippen LogP contribution >= 0.6 is 23.8 Å². The number of anilines is 1. The first-order valence-electron chi connectivity index (χ1n) is 6.43. The molecule has 0 aliphatic carbocycles. The van der Waals surface area contributed by atoms with Crippen molar-refractivity contribution in [2.24, 2.45) is 5.41 Å². The van der Waals surface area contributed by atoms with Crippen LogP contribution in [0.15, 0.2) is 24.3 Å². The third kappa shape index (κ3) is 3.43. The molecular formula is C14H14ClN3O2S. The molecule has 0 amide bonds. The van der Waals surface area contributed by atoms with E-state index < -0.39 is 11.4 Å². The predicted octanol–water partition coefficient (Wildman–Crippen LogP) is 2.73. The first kappa shape index (κ1) is 15.5. The van der Waals surface area contributed by atoms with Gasteiger partial charge in [-0.2, -0.15) is 5.26 Å². The lowest BCUT2D eigenvalue weighted by molar-refractivity contribution is -0.147. The summed E-state index contributed by atoms with van der Waals surface area (Å²) in [7, 11) is 0. The van der Waals surface area contributed by atoms with Crippen molar-refractivity contribution < 1.29 is 9.90 Å². The van der Waals surface area contributed by atoms with Crippen LogP contribution in [0, 0.1) is 16.7 Å². The predicted molar refractivity (Wildman–Crippen MR) is 84.2 cm³/mol. The second-order valence-corrected chi connectivity index (χ2v) is 5.75. The lowest BCUT2D eigenvalue weighted by Crippen LogP contribution is -2.47. The number of carboxylic acids is 1. The van der Waals surface area contributed by atoms with Gasteiger partial charge >= 0.3 is 5.97 Å². The Morgan fingerprint density at radius 1 is 1.48 bits per heavy atom. The average Bonchev–Trinajstić information content (AvgIpc) is 2.47. The summed E-state index contributed by atoms with van der Waals surface area (Å²) in [4.78, 5) is 13.1. The number of benzene rings is 1. The monoisotopic (exact) mass is 323 g/mol. The summed E-state index contributed by atoms with van der Waals surface area (Å²) in [5.74, 6) is -1.06. The first-order chi connectivity index (χ1) is 9.97. The van der Waals surface area contributed by atoms with E-state index in [1.807, 2.05) is 23.1 Å². The SMILES string of the molecule is N#CC1(C(=O)O)CCN(C(=S)Nc2cccc(Cl)c2)CC1. The molecule has 2 rings (SSSR count). The normalized spacial score (nSPS) is 16.9. The summed E-state index contributed by atoms with van der Waals surface area (Å²) in [5, 5.41) is 22.5. The number of hydrogen-bond acceptors (Lipinski definition) is 3. The largest absolute Gasteiger partial charge is 0.480 e. The lowest BCUT2D eigenvalue weighted by Gasteiger charge is -2.36. The van der Waals surface area contributed by atoms with Gasteiger partial charge in [-0.15, -0.1) is 0 Å². The zero-order valence-corrected chi connectivity index (χ0v) is 12.7. The van der Waals surface area contributed by atoms with Crippen molar-refractivity contribution in [3.8, 4) is 6.07 Å². The molecule has 0 aromatic heterocycles. The number of rotatable bonds is 2.